The van der Waals surface area contributed by atoms with Crippen molar-refractivity contribution in [2.45, 2.75) is 6.42 Å². The Morgan fingerprint density at radius 2 is 1.73 bits per heavy atom. The third-order valence-electron chi connectivity index (χ3n) is 5.76. The quantitative estimate of drug-likeness (QED) is 0.328. The van der Waals surface area contributed by atoms with Crippen LogP contribution in [-0.4, -0.2) is 44.5 Å². The molecule has 0 radical (unpaired) electrons. The molecule has 0 fully saturated rings. The first-order chi connectivity index (χ1) is 18.1. The van der Waals surface area contributed by atoms with Crippen LogP contribution in [0.15, 0.2) is 91.1 Å². The van der Waals surface area contributed by atoms with Gasteiger partial charge in [0.2, 0.25) is 5.95 Å². The van der Waals surface area contributed by atoms with Gasteiger partial charge in [0.25, 0.3) is 5.91 Å². The Morgan fingerprint density at radius 1 is 0.973 bits per heavy atom. The molecule has 9 heteroatoms. The highest BCUT2D eigenvalue weighted by Gasteiger charge is 2.23. The number of carbonyl (C=O) groups excluding carboxylic acids is 1. The molecule has 0 bridgehead atoms. The molecule has 2 aromatic heterocycles. The fourth-order valence-electron chi connectivity index (χ4n) is 3.85. The fraction of sp³-hybridized carbons (Fsp3) is 0.107. The highest BCUT2D eigenvalue weighted by Crippen LogP contribution is 2.30. The number of rotatable bonds is 8. The summed E-state index contributed by atoms with van der Waals surface area (Å²) >= 11 is 0. The van der Waals surface area contributed by atoms with E-state index < -0.39 is 5.91 Å². The van der Waals surface area contributed by atoms with Crippen molar-refractivity contribution in [3.8, 4) is 28.4 Å². The number of hydrogen-bond donors (Lipinski definition) is 1. The maximum Gasteiger partial charge on any atom is 0.280 e. The Hall–Kier alpha value is -4.92. The predicted molar refractivity (Wildman–Crippen MR) is 138 cm³/mol. The zero-order valence-corrected chi connectivity index (χ0v) is 20.0. The number of carbonyl (C=O) groups is 1. The number of nitrogens with one attached hydrogen (secondary N) is 1. The molecule has 8 nitrogen and oxygen atoms in total. The molecule has 0 spiro atoms. The molecule has 0 aliphatic rings. The van der Waals surface area contributed by atoms with Gasteiger partial charge in [0.05, 0.1) is 12.8 Å². The summed E-state index contributed by atoms with van der Waals surface area (Å²) in [6, 6.07) is 24.3. The molecule has 0 aliphatic carbocycles. The highest BCUT2D eigenvalue weighted by molar-refractivity contribution is 5.99. The lowest BCUT2D eigenvalue weighted by Gasteiger charge is -2.10. The molecule has 184 valence electrons. The molecule has 0 unspecified atom stereocenters. The zero-order chi connectivity index (χ0) is 25.6. The summed E-state index contributed by atoms with van der Waals surface area (Å²) in [6.45, 7) is 0.626. The van der Waals surface area contributed by atoms with Crippen LogP contribution in [0.4, 0.5) is 10.3 Å². The third-order valence-corrected chi connectivity index (χ3v) is 5.76. The van der Waals surface area contributed by atoms with Gasteiger partial charge in [-0.1, -0.05) is 35.5 Å². The van der Waals surface area contributed by atoms with E-state index in [0.29, 0.717) is 46.5 Å². The van der Waals surface area contributed by atoms with E-state index in [4.69, 9.17) is 4.74 Å². The summed E-state index contributed by atoms with van der Waals surface area (Å²) < 4.78 is 20.0. The topological polar surface area (TPSA) is 94.8 Å². The lowest BCUT2D eigenvalue weighted by molar-refractivity contribution is 0.0945. The Morgan fingerprint density at radius 3 is 2.46 bits per heavy atom. The van der Waals surface area contributed by atoms with Gasteiger partial charge in [-0.25, -0.2) is 14.4 Å². The van der Waals surface area contributed by atoms with E-state index in [-0.39, 0.29) is 5.82 Å². The van der Waals surface area contributed by atoms with Gasteiger partial charge in [0.15, 0.2) is 0 Å². The SMILES string of the molecule is COc1ccc(C(=O)n2nnc(-c3ccc(F)cc3)c2-c2ccnc(NCCc3ccccc3)n2)cc1. The third kappa shape index (κ3) is 5.35. The van der Waals surface area contributed by atoms with Gasteiger partial charge in [-0.05, 0) is 66.6 Å². The van der Waals surface area contributed by atoms with Crippen molar-refractivity contribution in [1.82, 2.24) is 25.0 Å². The molecule has 37 heavy (non-hydrogen) atoms. The average Bonchev–Trinajstić information content (AvgIpc) is 3.39. The Bertz CT molecular complexity index is 1500. The number of benzene rings is 3. The van der Waals surface area contributed by atoms with E-state index in [9.17, 15) is 9.18 Å². The first-order valence-corrected chi connectivity index (χ1v) is 11.6. The van der Waals surface area contributed by atoms with Crippen LogP contribution in [0.2, 0.25) is 0 Å². The van der Waals surface area contributed by atoms with Crippen LogP contribution in [0.1, 0.15) is 15.9 Å². The van der Waals surface area contributed by atoms with Crippen LogP contribution in [0.3, 0.4) is 0 Å². The summed E-state index contributed by atoms with van der Waals surface area (Å²) in [5.74, 6) is 0.266. The number of anilines is 1. The first-order valence-electron chi connectivity index (χ1n) is 11.6. The predicted octanol–water partition coefficient (Wildman–Crippen LogP) is 4.89. The van der Waals surface area contributed by atoms with Crippen LogP contribution < -0.4 is 10.1 Å². The zero-order valence-electron chi connectivity index (χ0n) is 20.0. The molecule has 2 heterocycles. The number of nitrogens with zero attached hydrogens (tertiary/aromatic N) is 5. The number of ether oxygens (including phenoxy) is 1. The molecular weight excluding hydrogens is 471 g/mol. The van der Waals surface area contributed by atoms with E-state index in [1.54, 1.807) is 55.8 Å². The molecule has 0 aliphatic heterocycles. The van der Waals surface area contributed by atoms with Crippen molar-refractivity contribution in [3.05, 3.63) is 108 Å². The van der Waals surface area contributed by atoms with E-state index in [1.165, 1.54) is 22.4 Å². The minimum atomic E-state index is -0.393. The fourth-order valence-corrected chi connectivity index (χ4v) is 3.85. The summed E-state index contributed by atoms with van der Waals surface area (Å²) in [4.78, 5) is 22.4. The summed E-state index contributed by atoms with van der Waals surface area (Å²) in [7, 11) is 1.56. The number of halogens is 1. The van der Waals surface area contributed by atoms with E-state index in [1.807, 2.05) is 18.2 Å². The van der Waals surface area contributed by atoms with Crippen molar-refractivity contribution < 1.29 is 13.9 Å². The van der Waals surface area contributed by atoms with Crippen LogP contribution in [0.25, 0.3) is 22.6 Å². The Kier molecular flexibility index (Phi) is 6.93. The van der Waals surface area contributed by atoms with Crippen molar-refractivity contribution in [2.75, 3.05) is 19.0 Å². The van der Waals surface area contributed by atoms with Gasteiger partial charge in [-0.15, -0.1) is 5.10 Å². The van der Waals surface area contributed by atoms with Gasteiger partial charge in [-0.2, -0.15) is 4.68 Å². The summed E-state index contributed by atoms with van der Waals surface area (Å²) in [6.07, 6.45) is 2.40. The largest absolute Gasteiger partial charge is 0.497 e. The molecule has 5 rings (SSSR count). The van der Waals surface area contributed by atoms with Crippen molar-refractivity contribution in [3.63, 3.8) is 0 Å². The minimum Gasteiger partial charge on any atom is -0.497 e. The molecule has 0 atom stereocenters. The Balaban J connectivity index is 1.50. The molecule has 0 saturated heterocycles. The molecular formula is C28H23FN6O2. The van der Waals surface area contributed by atoms with Crippen LogP contribution in [-0.2, 0) is 6.42 Å². The van der Waals surface area contributed by atoms with Gasteiger partial charge < -0.3 is 10.1 Å². The Labute approximate surface area is 212 Å². The standard InChI is InChI=1S/C28H23FN6O2/c1-37-23-13-9-21(10-14-23)27(36)35-26(25(33-34-35)20-7-11-22(29)12-8-20)24-16-18-31-28(32-24)30-17-15-19-5-3-2-4-6-19/h2-14,16,18H,15,17H2,1H3,(H,30,31,32). The normalized spacial score (nSPS) is 10.8. The number of aromatic nitrogens is 5. The highest BCUT2D eigenvalue weighted by atomic mass is 19.1. The first kappa shape index (κ1) is 23.8. The van der Waals surface area contributed by atoms with Crippen molar-refractivity contribution in [1.29, 1.82) is 0 Å². The van der Waals surface area contributed by atoms with Gasteiger partial charge >= 0.3 is 0 Å². The monoisotopic (exact) mass is 494 g/mol. The lowest BCUT2D eigenvalue weighted by atomic mass is 10.1. The van der Waals surface area contributed by atoms with E-state index >= 15 is 0 Å². The van der Waals surface area contributed by atoms with Crippen LogP contribution in [0, 0.1) is 5.82 Å². The summed E-state index contributed by atoms with van der Waals surface area (Å²) in [5.41, 5.74) is 3.41. The van der Waals surface area contributed by atoms with Crippen LogP contribution >= 0.6 is 0 Å². The van der Waals surface area contributed by atoms with E-state index in [2.05, 4.69) is 37.7 Å². The maximum absolute atomic E-state index is 13.6. The minimum absolute atomic E-state index is 0.376. The molecule has 0 amide bonds. The molecule has 1 N–H and O–H groups in total. The second kappa shape index (κ2) is 10.8. The summed E-state index contributed by atoms with van der Waals surface area (Å²) in [5, 5.41) is 11.7. The molecule has 0 saturated carbocycles. The number of methoxy groups -OCH3 is 1. The smallest absolute Gasteiger partial charge is 0.280 e. The second-order valence-corrected chi connectivity index (χ2v) is 8.17. The van der Waals surface area contributed by atoms with Crippen LogP contribution in [0.5, 0.6) is 5.75 Å². The van der Waals surface area contributed by atoms with Crippen molar-refractivity contribution in [2.24, 2.45) is 0 Å². The second-order valence-electron chi connectivity index (χ2n) is 8.17. The average molecular weight is 495 g/mol. The maximum atomic E-state index is 13.6. The van der Waals surface area contributed by atoms with Gasteiger partial charge in [0.1, 0.15) is 23.0 Å². The molecule has 3 aromatic carbocycles. The number of hydrogen-bond acceptors (Lipinski definition) is 7. The van der Waals surface area contributed by atoms with Gasteiger partial charge in [0, 0.05) is 23.9 Å². The van der Waals surface area contributed by atoms with E-state index in [0.717, 1.165) is 6.42 Å². The van der Waals surface area contributed by atoms with Crippen molar-refractivity contribution >= 4 is 11.9 Å². The van der Waals surface area contributed by atoms with Gasteiger partial charge in [-0.3, -0.25) is 4.79 Å². The molecule has 5 aromatic rings. The lowest BCUT2D eigenvalue weighted by Crippen LogP contribution is -2.16.